The lowest BCUT2D eigenvalue weighted by molar-refractivity contribution is -0.167. The Morgan fingerprint density at radius 2 is 0.591 bits per heavy atom. The van der Waals surface area contributed by atoms with E-state index in [0.717, 1.165) is 122 Å². The van der Waals surface area contributed by atoms with Crippen molar-refractivity contribution in [2.75, 3.05) is 13.2 Å². The molecule has 0 rings (SSSR count). The van der Waals surface area contributed by atoms with Crippen molar-refractivity contribution in [3.63, 3.8) is 0 Å². The van der Waals surface area contributed by atoms with Crippen LogP contribution < -0.4 is 0 Å². The number of carbonyl (C=O) groups is 3. The van der Waals surface area contributed by atoms with E-state index in [9.17, 15) is 14.4 Å². The first kappa shape index (κ1) is 62.8. The van der Waals surface area contributed by atoms with Crippen molar-refractivity contribution < 1.29 is 28.6 Å². The SMILES string of the molecule is CC/C=C\C/C=C\C/C=C\CCCCCCCC(=O)OC[C@H](COC(=O)CCCCCCCCC/C=C\C/C=C\CCCCC)OC(=O)CCCCCCC/C=C\CCCCCCCCC. The summed E-state index contributed by atoms with van der Waals surface area (Å²) in [6.45, 7) is 6.49. The summed E-state index contributed by atoms with van der Waals surface area (Å²) in [6, 6.07) is 0. The van der Waals surface area contributed by atoms with Crippen molar-refractivity contribution in [2.24, 2.45) is 0 Å². The second kappa shape index (κ2) is 54.5. The molecule has 0 aromatic heterocycles. The van der Waals surface area contributed by atoms with Crippen molar-refractivity contribution in [1.82, 2.24) is 0 Å². The summed E-state index contributed by atoms with van der Waals surface area (Å²) < 4.78 is 16.8. The van der Waals surface area contributed by atoms with Gasteiger partial charge in [-0.25, -0.2) is 0 Å². The molecular weight excluding hydrogens is 817 g/mol. The fourth-order valence-corrected chi connectivity index (χ4v) is 7.72. The molecule has 1 atom stereocenters. The Morgan fingerprint density at radius 3 is 0.970 bits per heavy atom. The molecule has 0 N–H and O–H groups in total. The first-order chi connectivity index (χ1) is 32.5. The Balaban J connectivity index is 4.43. The highest BCUT2D eigenvalue weighted by atomic mass is 16.6. The van der Waals surface area contributed by atoms with Gasteiger partial charge >= 0.3 is 17.9 Å². The van der Waals surface area contributed by atoms with E-state index in [-0.39, 0.29) is 31.1 Å². The van der Waals surface area contributed by atoms with Crippen molar-refractivity contribution in [2.45, 2.75) is 277 Å². The third kappa shape index (κ3) is 51.8. The van der Waals surface area contributed by atoms with Crippen LogP contribution in [0.25, 0.3) is 0 Å². The molecule has 0 spiro atoms. The van der Waals surface area contributed by atoms with E-state index in [1.54, 1.807) is 0 Å². The molecule has 0 unspecified atom stereocenters. The predicted molar refractivity (Wildman–Crippen MR) is 284 cm³/mol. The standard InChI is InChI=1S/C60H104O6/c1-4-7-10-13-16-19-22-25-28-30-33-35-38-41-44-47-50-53-59(62)65-56-57(55-64-58(61)52-49-46-43-40-37-34-31-27-24-21-18-15-12-9-6-3)66-60(63)54-51-48-45-42-39-36-32-29-26-23-20-17-14-11-8-5-2/h9,12,16,18-19,21,25,27-29,31-32,57H,4-8,10-11,13-15,17,20,22-24,26,30,33-56H2,1-3H3/b12-9-,19-16-,21-18-,28-25-,31-27-,32-29-/t57-/m1/s1. The van der Waals surface area contributed by atoms with Gasteiger partial charge in [-0.15, -0.1) is 0 Å². The first-order valence-electron chi connectivity index (χ1n) is 27.9. The molecular formula is C60H104O6. The number of allylic oxidation sites excluding steroid dienone is 12. The minimum Gasteiger partial charge on any atom is -0.462 e. The van der Waals surface area contributed by atoms with Crippen molar-refractivity contribution in [1.29, 1.82) is 0 Å². The highest BCUT2D eigenvalue weighted by molar-refractivity contribution is 5.71. The summed E-state index contributed by atoms with van der Waals surface area (Å²) in [5.41, 5.74) is 0. The summed E-state index contributed by atoms with van der Waals surface area (Å²) >= 11 is 0. The molecule has 0 amide bonds. The first-order valence-corrected chi connectivity index (χ1v) is 27.9. The topological polar surface area (TPSA) is 78.9 Å². The van der Waals surface area contributed by atoms with Crippen molar-refractivity contribution in [3.8, 4) is 0 Å². The summed E-state index contributed by atoms with van der Waals surface area (Å²) in [5, 5.41) is 0. The van der Waals surface area contributed by atoms with Gasteiger partial charge in [0.05, 0.1) is 0 Å². The quantitative estimate of drug-likeness (QED) is 0.0262. The lowest BCUT2D eigenvalue weighted by atomic mass is 10.1. The molecule has 0 aromatic carbocycles. The van der Waals surface area contributed by atoms with E-state index in [2.05, 4.69) is 93.7 Å². The molecule has 0 saturated carbocycles. The van der Waals surface area contributed by atoms with Gasteiger partial charge in [0.15, 0.2) is 6.10 Å². The van der Waals surface area contributed by atoms with Crippen LogP contribution in [0.5, 0.6) is 0 Å². The minimum atomic E-state index is -0.790. The van der Waals surface area contributed by atoms with Gasteiger partial charge < -0.3 is 14.2 Å². The third-order valence-corrected chi connectivity index (χ3v) is 11.9. The Morgan fingerprint density at radius 1 is 0.318 bits per heavy atom. The summed E-state index contributed by atoms with van der Waals surface area (Å²) in [7, 11) is 0. The lowest BCUT2D eigenvalue weighted by Gasteiger charge is -2.18. The molecule has 0 aliphatic heterocycles. The molecule has 0 bridgehead atoms. The van der Waals surface area contributed by atoms with Gasteiger partial charge in [0.2, 0.25) is 0 Å². The Labute approximate surface area is 408 Å². The van der Waals surface area contributed by atoms with Crippen LogP contribution in [-0.2, 0) is 28.6 Å². The van der Waals surface area contributed by atoms with Crippen LogP contribution in [0.15, 0.2) is 72.9 Å². The molecule has 0 saturated heterocycles. The van der Waals surface area contributed by atoms with Crippen LogP contribution in [0.4, 0.5) is 0 Å². The molecule has 380 valence electrons. The number of unbranched alkanes of at least 4 members (excludes halogenated alkanes) is 27. The lowest BCUT2D eigenvalue weighted by Crippen LogP contribution is -2.30. The van der Waals surface area contributed by atoms with Crippen LogP contribution >= 0.6 is 0 Å². The zero-order chi connectivity index (χ0) is 47.9. The Kier molecular flexibility index (Phi) is 51.9. The molecule has 0 aliphatic rings. The summed E-state index contributed by atoms with van der Waals surface area (Å²) in [5.74, 6) is -0.915. The number of carbonyl (C=O) groups excluding carboxylic acids is 3. The van der Waals surface area contributed by atoms with Gasteiger partial charge in [0.25, 0.3) is 0 Å². The molecule has 0 fully saturated rings. The second-order valence-electron chi connectivity index (χ2n) is 18.5. The zero-order valence-corrected chi connectivity index (χ0v) is 43.4. The van der Waals surface area contributed by atoms with Crippen LogP contribution in [0.3, 0.4) is 0 Å². The van der Waals surface area contributed by atoms with E-state index in [4.69, 9.17) is 14.2 Å². The molecule has 0 aliphatic carbocycles. The fraction of sp³-hybridized carbons (Fsp3) is 0.750. The van der Waals surface area contributed by atoms with Gasteiger partial charge in [-0.2, -0.15) is 0 Å². The minimum absolute atomic E-state index is 0.0882. The summed E-state index contributed by atoms with van der Waals surface area (Å²) in [6.07, 6.45) is 68.8. The smallest absolute Gasteiger partial charge is 0.306 e. The van der Waals surface area contributed by atoms with Gasteiger partial charge in [0, 0.05) is 19.3 Å². The Bertz CT molecular complexity index is 1240. The van der Waals surface area contributed by atoms with Crippen LogP contribution in [0.1, 0.15) is 271 Å². The zero-order valence-electron chi connectivity index (χ0n) is 43.4. The monoisotopic (exact) mass is 921 g/mol. The van der Waals surface area contributed by atoms with Crippen LogP contribution in [-0.4, -0.2) is 37.2 Å². The molecule has 66 heavy (non-hydrogen) atoms. The average Bonchev–Trinajstić information content (AvgIpc) is 3.31. The second-order valence-corrected chi connectivity index (χ2v) is 18.5. The van der Waals surface area contributed by atoms with Crippen molar-refractivity contribution in [3.05, 3.63) is 72.9 Å². The molecule has 0 radical (unpaired) electrons. The molecule has 0 aromatic rings. The van der Waals surface area contributed by atoms with E-state index in [1.807, 2.05) is 0 Å². The van der Waals surface area contributed by atoms with Gasteiger partial charge in [-0.05, 0) is 109 Å². The highest BCUT2D eigenvalue weighted by Crippen LogP contribution is 2.14. The molecule has 0 heterocycles. The van der Waals surface area contributed by atoms with Crippen LogP contribution in [0.2, 0.25) is 0 Å². The predicted octanol–water partition coefficient (Wildman–Crippen LogP) is 18.6. The maximum Gasteiger partial charge on any atom is 0.306 e. The third-order valence-electron chi connectivity index (χ3n) is 11.9. The van der Waals surface area contributed by atoms with E-state index >= 15 is 0 Å². The van der Waals surface area contributed by atoms with E-state index < -0.39 is 6.10 Å². The number of hydrogen-bond donors (Lipinski definition) is 0. The molecule has 6 nitrogen and oxygen atoms in total. The maximum absolute atomic E-state index is 12.8. The van der Waals surface area contributed by atoms with Gasteiger partial charge in [-0.1, -0.05) is 216 Å². The van der Waals surface area contributed by atoms with E-state index in [1.165, 1.54) is 109 Å². The van der Waals surface area contributed by atoms with E-state index in [0.29, 0.717) is 19.3 Å². The highest BCUT2D eigenvalue weighted by Gasteiger charge is 2.19. The normalized spacial score (nSPS) is 12.6. The summed E-state index contributed by atoms with van der Waals surface area (Å²) in [4.78, 5) is 38.1. The molecule has 6 heteroatoms. The largest absolute Gasteiger partial charge is 0.462 e. The number of esters is 3. The fourth-order valence-electron chi connectivity index (χ4n) is 7.72. The Hall–Kier alpha value is -3.15. The number of hydrogen-bond acceptors (Lipinski definition) is 6. The van der Waals surface area contributed by atoms with Gasteiger partial charge in [0.1, 0.15) is 13.2 Å². The van der Waals surface area contributed by atoms with Crippen molar-refractivity contribution >= 4 is 17.9 Å². The van der Waals surface area contributed by atoms with Gasteiger partial charge in [-0.3, -0.25) is 14.4 Å². The maximum atomic E-state index is 12.8. The van der Waals surface area contributed by atoms with Crippen LogP contribution in [0, 0.1) is 0 Å². The number of rotatable bonds is 50. The average molecular weight is 921 g/mol. The number of ether oxygens (including phenoxy) is 3.